The van der Waals surface area contributed by atoms with Crippen molar-refractivity contribution in [3.8, 4) is 11.8 Å². The Bertz CT molecular complexity index is 795. The number of pyridine rings is 1. The Labute approximate surface area is 120 Å². The van der Waals surface area contributed by atoms with Gasteiger partial charge < -0.3 is 4.98 Å². The zero-order valence-electron chi connectivity index (χ0n) is 9.74. The maximum Gasteiger partial charge on any atom is 0.132 e. The summed E-state index contributed by atoms with van der Waals surface area (Å²) in [5.74, 6) is 6.01. The van der Waals surface area contributed by atoms with Crippen molar-refractivity contribution in [3.05, 3.63) is 63.9 Å². The minimum atomic E-state index is 0.509. The summed E-state index contributed by atoms with van der Waals surface area (Å²) >= 11 is 12.0. The van der Waals surface area contributed by atoms with Gasteiger partial charge in [0.25, 0.3) is 0 Å². The number of benzene rings is 1. The fourth-order valence-electron chi connectivity index (χ4n) is 1.74. The lowest BCUT2D eigenvalue weighted by Gasteiger charge is -1.95. The van der Waals surface area contributed by atoms with Crippen molar-refractivity contribution in [2.24, 2.45) is 0 Å². The minimum absolute atomic E-state index is 0.509. The molecule has 4 heteroatoms. The summed E-state index contributed by atoms with van der Waals surface area (Å²) < 4.78 is 0. The van der Waals surface area contributed by atoms with Gasteiger partial charge in [0.1, 0.15) is 10.8 Å². The molecule has 92 valence electrons. The second kappa shape index (κ2) is 4.97. The molecule has 0 aliphatic rings. The first kappa shape index (κ1) is 12.1. The molecule has 2 aromatic heterocycles. The number of hydrogen-bond acceptors (Lipinski definition) is 1. The van der Waals surface area contributed by atoms with Crippen molar-refractivity contribution in [3.63, 3.8) is 0 Å². The Morgan fingerprint density at radius 1 is 1.00 bits per heavy atom. The summed E-state index contributed by atoms with van der Waals surface area (Å²) in [5, 5.41) is 1.04. The number of aromatic nitrogens is 2. The summed E-state index contributed by atoms with van der Waals surface area (Å²) in [4.78, 5) is 7.36. The molecule has 0 amide bonds. The molecule has 0 spiro atoms. The third-order valence-electron chi connectivity index (χ3n) is 2.62. The van der Waals surface area contributed by atoms with Crippen LogP contribution in [0.1, 0.15) is 11.3 Å². The van der Waals surface area contributed by atoms with Crippen LogP contribution in [-0.4, -0.2) is 9.97 Å². The third kappa shape index (κ3) is 2.58. The summed E-state index contributed by atoms with van der Waals surface area (Å²) in [6.45, 7) is 0. The van der Waals surface area contributed by atoms with Gasteiger partial charge in [-0.2, -0.15) is 0 Å². The van der Waals surface area contributed by atoms with Crippen LogP contribution in [0.2, 0.25) is 10.2 Å². The first-order valence-electron chi connectivity index (χ1n) is 5.64. The smallest absolute Gasteiger partial charge is 0.132 e. The van der Waals surface area contributed by atoms with Gasteiger partial charge in [0.15, 0.2) is 0 Å². The molecule has 3 rings (SSSR count). The monoisotopic (exact) mass is 286 g/mol. The van der Waals surface area contributed by atoms with Crippen molar-refractivity contribution in [2.75, 3.05) is 0 Å². The number of aromatic amines is 1. The van der Waals surface area contributed by atoms with Crippen molar-refractivity contribution in [1.82, 2.24) is 9.97 Å². The molecule has 0 aliphatic carbocycles. The van der Waals surface area contributed by atoms with Gasteiger partial charge in [-0.3, -0.25) is 0 Å². The number of H-pyrrole nitrogens is 1. The molecular formula is C15H8Cl2N2. The summed E-state index contributed by atoms with van der Waals surface area (Å²) in [7, 11) is 0. The Kier molecular flexibility index (Phi) is 3.16. The number of fused-ring (bicyclic) bond motifs is 1. The van der Waals surface area contributed by atoms with Gasteiger partial charge in [0.05, 0.1) is 16.1 Å². The zero-order chi connectivity index (χ0) is 13.2. The third-order valence-corrected chi connectivity index (χ3v) is 3.11. The number of nitrogens with zero attached hydrogens (tertiary/aromatic N) is 1. The lowest BCUT2D eigenvalue weighted by atomic mass is 10.2. The van der Waals surface area contributed by atoms with Crippen LogP contribution in [0.15, 0.2) is 42.5 Å². The first-order valence-corrected chi connectivity index (χ1v) is 6.40. The highest BCUT2D eigenvalue weighted by Gasteiger charge is 2.05. The molecule has 19 heavy (non-hydrogen) atoms. The fourth-order valence-corrected chi connectivity index (χ4v) is 2.14. The van der Waals surface area contributed by atoms with Crippen molar-refractivity contribution < 1.29 is 0 Å². The second-order valence-corrected chi connectivity index (χ2v) is 4.80. The molecule has 0 saturated heterocycles. The molecule has 0 radical (unpaired) electrons. The number of hydrogen-bond donors (Lipinski definition) is 1. The standard InChI is InChI=1S/C15H8Cl2N2/c16-11-8-13-14(9-15(17)19-13)18-12(11)7-6-10-4-2-1-3-5-10/h1-5,8-9,19H. The van der Waals surface area contributed by atoms with Crippen molar-refractivity contribution in [2.45, 2.75) is 0 Å². The summed E-state index contributed by atoms with van der Waals surface area (Å²) in [6, 6.07) is 13.2. The van der Waals surface area contributed by atoms with Crippen LogP contribution in [0.4, 0.5) is 0 Å². The van der Waals surface area contributed by atoms with E-state index in [0.29, 0.717) is 15.9 Å². The first-order chi connectivity index (χ1) is 9.22. The van der Waals surface area contributed by atoms with Gasteiger partial charge >= 0.3 is 0 Å². The molecule has 2 nitrogen and oxygen atoms in total. The van der Waals surface area contributed by atoms with Gasteiger partial charge in [-0.1, -0.05) is 47.3 Å². The van der Waals surface area contributed by atoms with Gasteiger partial charge in [-0.15, -0.1) is 0 Å². The highest BCUT2D eigenvalue weighted by atomic mass is 35.5. The van der Waals surface area contributed by atoms with Crippen molar-refractivity contribution in [1.29, 1.82) is 0 Å². The maximum atomic E-state index is 6.15. The Hall–Kier alpha value is -1.95. The van der Waals surface area contributed by atoms with Crippen LogP contribution < -0.4 is 0 Å². The highest BCUT2D eigenvalue weighted by Crippen LogP contribution is 2.22. The Morgan fingerprint density at radius 3 is 2.58 bits per heavy atom. The van der Waals surface area contributed by atoms with E-state index in [1.807, 2.05) is 30.3 Å². The SMILES string of the molecule is Clc1cc2nc(C#Cc3ccccc3)c(Cl)cc2[nH]1. The van der Waals surface area contributed by atoms with Crippen LogP contribution in [0.25, 0.3) is 11.0 Å². The molecular weight excluding hydrogens is 279 g/mol. The average molecular weight is 287 g/mol. The molecule has 0 saturated carbocycles. The van der Waals surface area contributed by atoms with E-state index in [-0.39, 0.29) is 0 Å². The normalized spacial score (nSPS) is 10.2. The Balaban J connectivity index is 2.06. The van der Waals surface area contributed by atoms with E-state index in [2.05, 4.69) is 21.8 Å². The van der Waals surface area contributed by atoms with Crippen LogP contribution in [-0.2, 0) is 0 Å². The van der Waals surface area contributed by atoms with E-state index in [1.54, 1.807) is 12.1 Å². The lowest BCUT2D eigenvalue weighted by Crippen LogP contribution is -1.85. The molecule has 1 N–H and O–H groups in total. The van der Waals surface area contributed by atoms with Gasteiger partial charge in [-0.25, -0.2) is 4.98 Å². The van der Waals surface area contributed by atoms with Crippen LogP contribution in [0.3, 0.4) is 0 Å². The highest BCUT2D eigenvalue weighted by molar-refractivity contribution is 6.33. The quantitative estimate of drug-likeness (QED) is 0.614. The summed E-state index contributed by atoms with van der Waals surface area (Å²) in [6.07, 6.45) is 0. The van der Waals surface area contributed by atoms with Gasteiger partial charge in [0, 0.05) is 11.6 Å². The van der Waals surface area contributed by atoms with Crippen molar-refractivity contribution >= 4 is 34.2 Å². The second-order valence-electron chi connectivity index (χ2n) is 3.98. The van der Waals surface area contributed by atoms with Crippen LogP contribution >= 0.6 is 23.2 Å². The molecule has 0 bridgehead atoms. The molecule has 3 aromatic rings. The predicted octanol–water partition coefficient (Wildman–Crippen LogP) is 4.27. The Morgan fingerprint density at radius 2 is 1.79 bits per heavy atom. The van der Waals surface area contributed by atoms with E-state index in [1.165, 1.54) is 0 Å². The van der Waals surface area contributed by atoms with Crippen LogP contribution in [0, 0.1) is 11.8 Å². The maximum absolute atomic E-state index is 6.15. The molecule has 0 fully saturated rings. The molecule has 1 aromatic carbocycles. The summed E-state index contributed by atoms with van der Waals surface area (Å²) in [5.41, 5.74) is 3.04. The topological polar surface area (TPSA) is 28.7 Å². The predicted molar refractivity (Wildman–Crippen MR) is 78.5 cm³/mol. The van der Waals surface area contributed by atoms with Gasteiger partial charge in [-0.05, 0) is 24.1 Å². The molecule has 0 aliphatic heterocycles. The van der Waals surface area contributed by atoms with E-state index >= 15 is 0 Å². The molecule has 0 atom stereocenters. The van der Waals surface area contributed by atoms with Gasteiger partial charge in [0.2, 0.25) is 0 Å². The lowest BCUT2D eigenvalue weighted by molar-refractivity contribution is 1.36. The number of rotatable bonds is 0. The largest absolute Gasteiger partial charge is 0.344 e. The molecule has 2 heterocycles. The zero-order valence-corrected chi connectivity index (χ0v) is 11.3. The number of halogens is 2. The van der Waals surface area contributed by atoms with E-state index in [4.69, 9.17) is 23.2 Å². The fraction of sp³-hybridized carbons (Fsp3) is 0. The van der Waals surface area contributed by atoms with Crippen LogP contribution in [0.5, 0.6) is 0 Å². The molecule has 0 unspecified atom stereocenters. The van der Waals surface area contributed by atoms with E-state index in [0.717, 1.165) is 16.6 Å². The van der Waals surface area contributed by atoms with E-state index in [9.17, 15) is 0 Å². The van der Waals surface area contributed by atoms with E-state index < -0.39 is 0 Å². The number of nitrogens with one attached hydrogen (secondary N) is 1. The minimum Gasteiger partial charge on any atom is -0.344 e. The average Bonchev–Trinajstić information content (AvgIpc) is 2.76.